The average molecular weight is 353 g/mol. The lowest BCUT2D eigenvalue weighted by molar-refractivity contribution is 0.415. The van der Waals surface area contributed by atoms with Crippen molar-refractivity contribution in [1.29, 1.82) is 0 Å². The number of benzene rings is 2. The number of rotatable bonds is 5. The van der Waals surface area contributed by atoms with Crippen LogP contribution < -0.4 is 10.1 Å². The number of nitrogens with zero attached hydrogens (tertiary/aromatic N) is 1. The Labute approximate surface area is 141 Å². The first kappa shape index (κ1) is 17.3. The van der Waals surface area contributed by atoms with Crippen LogP contribution in [0.2, 0.25) is 0 Å². The largest absolute Gasteiger partial charge is 0.497 e. The van der Waals surface area contributed by atoms with Crippen molar-refractivity contribution in [3.05, 3.63) is 54.1 Å². The van der Waals surface area contributed by atoms with Crippen molar-refractivity contribution in [2.24, 2.45) is 4.40 Å². The highest BCUT2D eigenvalue weighted by Crippen LogP contribution is 2.17. The van der Waals surface area contributed by atoms with Crippen LogP contribution in [0.25, 0.3) is 0 Å². The molecule has 2 rings (SSSR count). The van der Waals surface area contributed by atoms with Crippen LogP contribution in [0.4, 0.5) is 5.69 Å². The Kier molecular flexibility index (Phi) is 5.63. The summed E-state index contributed by atoms with van der Waals surface area (Å²) in [6, 6.07) is 13.5. The standard InChI is InChI=1S/C16H17ClN2O3S/c1-12-3-9-15(10-4-12)23(20,21)19-16(11-17)18-13-5-7-14(22-2)8-6-13/h3-10H,11H2,1-2H3,(H,18,19). The molecule has 0 spiro atoms. The summed E-state index contributed by atoms with van der Waals surface area (Å²) in [5.41, 5.74) is 1.64. The van der Waals surface area contributed by atoms with Crippen molar-refractivity contribution in [3.63, 3.8) is 0 Å². The molecule has 0 amide bonds. The van der Waals surface area contributed by atoms with Gasteiger partial charge in [-0.15, -0.1) is 16.0 Å². The smallest absolute Gasteiger partial charge is 0.283 e. The number of hydrogen-bond acceptors (Lipinski definition) is 3. The lowest BCUT2D eigenvalue weighted by Gasteiger charge is -2.08. The van der Waals surface area contributed by atoms with E-state index in [9.17, 15) is 8.42 Å². The summed E-state index contributed by atoms with van der Waals surface area (Å²) in [6.07, 6.45) is 0. The van der Waals surface area contributed by atoms with Gasteiger partial charge in [-0.3, -0.25) is 0 Å². The Morgan fingerprint density at radius 1 is 1.13 bits per heavy atom. The maximum atomic E-state index is 12.3. The third-order valence-electron chi connectivity index (χ3n) is 3.05. The van der Waals surface area contributed by atoms with Gasteiger partial charge in [-0.25, -0.2) is 0 Å². The summed E-state index contributed by atoms with van der Waals surface area (Å²) in [4.78, 5) is 0.127. The van der Waals surface area contributed by atoms with Crippen molar-refractivity contribution in [2.45, 2.75) is 11.8 Å². The molecule has 0 unspecified atom stereocenters. The molecule has 0 aliphatic rings. The summed E-state index contributed by atoms with van der Waals surface area (Å²) in [6.45, 7) is 1.88. The molecule has 23 heavy (non-hydrogen) atoms. The summed E-state index contributed by atoms with van der Waals surface area (Å²) >= 11 is 5.81. The van der Waals surface area contributed by atoms with Crippen molar-refractivity contribution >= 4 is 33.1 Å². The van der Waals surface area contributed by atoms with Crippen LogP contribution in [0.1, 0.15) is 5.56 Å². The first-order valence-electron chi connectivity index (χ1n) is 6.82. The van der Waals surface area contributed by atoms with E-state index in [1.54, 1.807) is 43.5 Å². The van der Waals surface area contributed by atoms with Gasteiger partial charge in [0, 0.05) is 5.69 Å². The third kappa shape index (κ3) is 4.71. The zero-order valence-corrected chi connectivity index (χ0v) is 14.4. The predicted octanol–water partition coefficient (Wildman–Crippen LogP) is 3.44. The predicted molar refractivity (Wildman–Crippen MR) is 93.1 cm³/mol. The Hall–Kier alpha value is -2.05. The summed E-state index contributed by atoms with van der Waals surface area (Å²) in [5, 5.41) is 2.90. The zero-order valence-electron chi connectivity index (χ0n) is 12.8. The topological polar surface area (TPSA) is 67.8 Å². The van der Waals surface area contributed by atoms with E-state index in [2.05, 4.69) is 9.71 Å². The molecule has 0 aliphatic carbocycles. The minimum absolute atomic E-state index is 0.0584. The van der Waals surface area contributed by atoms with Gasteiger partial charge in [0.15, 0.2) is 0 Å². The quantitative estimate of drug-likeness (QED) is 0.508. The molecule has 0 aliphatic heterocycles. The first-order chi connectivity index (χ1) is 10.9. The number of halogens is 1. The van der Waals surface area contributed by atoms with E-state index in [0.29, 0.717) is 11.4 Å². The number of hydrogen-bond donors (Lipinski definition) is 1. The van der Waals surface area contributed by atoms with Gasteiger partial charge in [0.2, 0.25) is 0 Å². The zero-order chi connectivity index (χ0) is 16.9. The lowest BCUT2D eigenvalue weighted by Crippen LogP contribution is -2.16. The van der Waals surface area contributed by atoms with Crippen LogP contribution in [0.5, 0.6) is 5.75 Å². The van der Waals surface area contributed by atoms with Gasteiger partial charge in [0.05, 0.1) is 17.9 Å². The van der Waals surface area contributed by atoms with E-state index in [4.69, 9.17) is 16.3 Å². The molecule has 0 radical (unpaired) electrons. The molecule has 0 atom stereocenters. The van der Waals surface area contributed by atoms with E-state index >= 15 is 0 Å². The lowest BCUT2D eigenvalue weighted by atomic mass is 10.2. The van der Waals surface area contributed by atoms with Crippen molar-refractivity contribution in [3.8, 4) is 5.75 Å². The molecule has 7 heteroatoms. The minimum Gasteiger partial charge on any atom is -0.497 e. The molecule has 0 saturated heterocycles. The van der Waals surface area contributed by atoms with Gasteiger partial charge < -0.3 is 10.1 Å². The molecule has 0 fully saturated rings. The molecule has 0 heterocycles. The molecule has 2 aromatic rings. The Balaban J connectivity index is 2.24. The van der Waals surface area contributed by atoms with Crippen LogP contribution in [0.15, 0.2) is 57.8 Å². The highest BCUT2D eigenvalue weighted by molar-refractivity contribution is 7.90. The van der Waals surface area contributed by atoms with Crippen molar-refractivity contribution < 1.29 is 13.2 Å². The molecular weight excluding hydrogens is 336 g/mol. The van der Waals surface area contributed by atoms with Gasteiger partial charge in [-0.05, 0) is 43.3 Å². The first-order valence-corrected chi connectivity index (χ1v) is 8.79. The fourth-order valence-electron chi connectivity index (χ4n) is 1.83. The summed E-state index contributed by atoms with van der Waals surface area (Å²) in [7, 11) is -2.23. The van der Waals surface area contributed by atoms with Crippen LogP contribution in [0, 0.1) is 6.92 Å². The van der Waals surface area contributed by atoms with E-state index in [1.807, 2.05) is 6.92 Å². The van der Waals surface area contributed by atoms with Crippen LogP contribution in [-0.2, 0) is 10.0 Å². The van der Waals surface area contributed by atoms with Crippen LogP contribution in [0.3, 0.4) is 0 Å². The van der Waals surface area contributed by atoms with Gasteiger partial charge in [-0.1, -0.05) is 17.7 Å². The van der Waals surface area contributed by atoms with E-state index in [1.165, 1.54) is 12.1 Å². The van der Waals surface area contributed by atoms with Crippen LogP contribution >= 0.6 is 11.6 Å². The molecule has 122 valence electrons. The fraction of sp³-hybridized carbons (Fsp3) is 0.188. The maximum absolute atomic E-state index is 12.3. The number of methoxy groups -OCH3 is 1. The number of ether oxygens (including phenoxy) is 1. The monoisotopic (exact) mass is 352 g/mol. The Bertz CT molecular complexity index is 785. The fourth-order valence-corrected chi connectivity index (χ4v) is 3.01. The van der Waals surface area contributed by atoms with Crippen LogP contribution in [-0.4, -0.2) is 27.2 Å². The van der Waals surface area contributed by atoms with Crippen molar-refractivity contribution in [1.82, 2.24) is 0 Å². The van der Waals surface area contributed by atoms with E-state index in [-0.39, 0.29) is 16.6 Å². The second-order valence-electron chi connectivity index (χ2n) is 4.81. The van der Waals surface area contributed by atoms with Gasteiger partial charge in [-0.2, -0.15) is 8.42 Å². The highest BCUT2D eigenvalue weighted by atomic mass is 35.5. The number of sulfonamides is 1. The SMILES string of the molecule is COc1ccc(N/C(CCl)=N\S(=O)(=O)c2ccc(C)cc2)cc1. The Morgan fingerprint density at radius 3 is 2.26 bits per heavy atom. The molecule has 1 N–H and O–H groups in total. The van der Waals surface area contributed by atoms with Crippen molar-refractivity contribution in [2.75, 3.05) is 18.3 Å². The number of nitrogens with one attached hydrogen (secondary N) is 1. The second kappa shape index (κ2) is 7.48. The molecular formula is C16H17ClN2O3S. The second-order valence-corrected chi connectivity index (χ2v) is 6.68. The number of aryl methyl sites for hydroxylation is 1. The Morgan fingerprint density at radius 2 is 1.74 bits per heavy atom. The van der Waals surface area contributed by atoms with E-state index in [0.717, 1.165) is 5.56 Å². The molecule has 2 aromatic carbocycles. The maximum Gasteiger partial charge on any atom is 0.283 e. The van der Waals surface area contributed by atoms with Gasteiger partial charge in [0.1, 0.15) is 11.6 Å². The van der Waals surface area contributed by atoms with Gasteiger partial charge >= 0.3 is 0 Å². The molecule has 5 nitrogen and oxygen atoms in total. The highest BCUT2D eigenvalue weighted by Gasteiger charge is 2.14. The normalized spacial score (nSPS) is 12.0. The summed E-state index contributed by atoms with van der Waals surface area (Å²) in [5.74, 6) is 0.793. The average Bonchev–Trinajstić information content (AvgIpc) is 2.55. The third-order valence-corrected chi connectivity index (χ3v) is 4.64. The molecule has 0 aromatic heterocycles. The van der Waals surface area contributed by atoms with E-state index < -0.39 is 10.0 Å². The molecule has 0 bridgehead atoms. The molecule has 0 saturated carbocycles. The number of amidine groups is 1. The minimum atomic E-state index is -3.80. The number of alkyl halides is 1. The van der Waals surface area contributed by atoms with Gasteiger partial charge in [0.25, 0.3) is 10.0 Å². The summed E-state index contributed by atoms with van der Waals surface area (Å²) < 4.78 is 33.4. The number of anilines is 1.